The van der Waals surface area contributed by atoms with Crippen LogP contribution in [0.25, 0.3) is 0 Å². The standard InChI is InChI=1S/C8H14Cl4O3/c9-1-3-14-7(11)5-13-6-8(12)15-4-2-10/h7-8H,1-6H2. The highest BCUT2D eigenvalue weighted by molar-refractivity contribution is 6.20. The fraction of sp³-hybridized carbons (Fsp3) is 1.00. The van der Waals surface area contributed by atoms with Gasteiger partial charge < -0.3 is 14.2 Å². The molecule has 0 aromatic rings. The van der Waals surface area contributed by atoms with Gasteiger partial charge in [-0.15, -0.1) is 23.2 Å². The maximum absolute atomic E-state index is 5.74. The summed E-state index contributed by atoms with van der Waals surface area (Å²) in [6.45, 7) is 1.27. The molecule has 0 saturated heterocycles. The van der Waals surface area contributed by atoms with Gasteiger partial charge in [0.1, 0.15) is 0 Å². The Bertz CT molecular complexity index is 125. The molecule has 2 atom stereocenters. The third-order valence-electron chi connectivity index (χ3n) is 1.25. The van der Waals surface area contributed by atoms with E-state index >= 15 is 0 Å². The minimum Gasteiger partial charge on any atom is -0.373 e. The average Bonchev–Trinajstić information content (AvgIpc) is 2.23. The predicted molar refractivity (Wildman–Crippen MR) is 63.4 cm³/mol. The Morgan fingerprint density at radius 1 is 0.800 bits per heavy atom. The molecule has 92 valence electrons. The fourth-order valence-electron chi connectivity index (χ4n) is 0.694. The Labute approximate surface area is 110 Å². The molecule has 3 nitrogen and oxygen atoms in total. The van der Waals surface area contributed by atoms with E-state index in [1.165, 1.54) is 0 Å². The third kappa shape index (κ3) is 11.3. The second-order valence-electron chi connectivity index (χ2n) is 2.48. The van der Waals surface area contributed by atoms with Gasteiger partial charge in [-0.3, -0.25) is 0 Å². The van der Waals surface area contributed by atoms with Gasteiger partial charge in [-0.25, -0.2) is 0 Å². The molecule has 0 fully saturated rings. The highest BCUT2D eigenvalue weighted by Crippen LogP contribution is 2.03. The topological polar surface area (TPSA) is 27.7 Å². The molecule has 0 saturated carbocycles. The van der Waals surface area contributed by atoms with Crippen molar-refractivity contribution in [2.24, 2.45) is 0 Å². The van der Waals surface area contributed by atoms with Crippen LogP contribution in [0.1, 0.15) is 0 Å². The Hall–Kier alpha value is 1.04. The lowest BCUT2D eigenvalue weighted by Crippen LogP contribution is -2.20. The van der Waals surface area contributed by atoms with E-state index in [0.717, 1.165) is 0 Å². The summed E-state index contributed by atoms with van der Waals surface area (Å²) in [5.41, 5.74) is -1.03. The molecule has 0 aliphatic heterocycles. The fourth-order valence-corrected chi connectivity index (χ4v) is 1.23. The van der Waals surface area contributed by atoms with Crippen molar-refractivity contribution in [1.82, 2.24) is 0 Å². The summed E-state index contributed by atoms with van der Waals surface area (Å²) in [7, 11) is 0. The SMILES string of the molecule is ClCCOC(Cl)COCC(Cl)OCCCl. The molecule has 0 aliphatic rings. The summed E-state index contributed by atoms with van der Waals surface area (Å²) in [5, 5.41) is 0. The highest BCUT2D eigenvalue weighted by atomic mass is 35.5. The summed E-state index contributed by atoms with van der Waals surface area (Å²) in [4.78, 5) is 0. The van der Waals surface area contributed by atoms with E-state index < -0.39 is 11.1 Å². The normalized spacial score (nSPS) is 15.2. The number of hydrogen-bond acceptors (Lipinski definition) is 3. The molecule has 2 unspecified atom stereocenters. The number of hydrogen-bond donors (Lipinski definition) is 0. The third-order valence-corrected chi connectivity index (χ3v) is 2.06. The van der Waals surface area contributed by atoms with Crippen LogP contribution in [0.15, 0.2) is 0 Å². The van der Waals surface area contributed by atoms with Crippen LogP contribution in [0.5, 0.6) is 0 Å². The van der Waals surface area contributed by atoms with Crippen LogP contribution >= 0.6 is 46.4 Å². The van der Waals surface area contributed by atoms with Crippen molar-refractivity contribution in [3.63, 3.8) is 0 Å². The molecule has 0 aliphatic carbocycles. The molecular formula is C8H14Cl4O3. The predicted octanol–water partition coefficient (Wildman–Crippen LogP) is 2.64. The lowest BCUT2D eigenvalue weighted by atomic mass is 10.7. The van der Waals surface area contributed by atoms with Crippen molar-refractivity contribution in [2.75, 3.05) is 38.2 Å². The van der Waals surface area contributed by atoms with Gasteiger partial charge in [-0.1, -0.05) is 23.2 Å². The van der Waals surface area contributed by atoms with Crippen LogP contribution in [0.2, 0.25) is 0 Å². The van der Waals surface area contributed by atoms with E-state index in [9.17, 15) is 0 Å². The van der Waals surface area contributed by atoms with E-state index in [1.54, 1.807) is 0 Å². The summed E-state index contributed by atoms with van der Waals surface area (Å²) >= 11 is 22.3. The molecule has 0 spiro atoms. The van der Waals surface area contributed by atoms with Gasteiger partial charge in [0.05, 0.1) is 26.4 Å². The zero-order valence-electron chi connectivity index (χ0n) is 8.13. The van der Waals surface area contributed by atoms with Crippen LogP contribution in [0.3, 0.4) is 0 Å². The average molecular weight is 300 g/mol. The van der Waals surface area contributed by atoms with Crippen LogP contribution in [-0.2, 0) is 14.2 Å². The van der Waals surface area contributed by atoms with Crippen LogP contribution in [0.4, 0.5) is 0 Å². The van der Waals surface area contributed by atoms with Crippen molar-refractivity contribution < 1.29 is 14.2 Å². The molecule has 0 N–H and O–H groups in total. The second kappa shape index (κ2) is 11.5. The molecule has 7 heteroatoms. The molecule has 0 radical (unpaired) electrons. The lowest BCUT2D eigenvalue weighted by Gasteiger charge is -2.13. The van der Waals surface area contributed by atoms with E-state index in [2.05, 4.69) is 0 Å². The first-order chi connectivity index (χ1) is 7.20. The van der Waals surface area contributed by atoms with Crippen LogP contribution < -0.4 is 0 Å². The van der Waals surface area contributed by atoms with Crippen molar-refractivity contribution in [3.05, 3.63) is 0 Å². The quantitative estimate of drug-likeness (QED) is 0.581. The largest absolute Gasteiger partial charge is 0.373 e. The zero-order valence-corrected chi connectivity index (χ0v) is 11.2. The van der Waals surface area contributed by atoms with Gasteiger partial charge in [0.25, 0.3) is 0 Å². The Morgan fingerprint density at radius 2 is 1.20 bits per heavy atom. The summed E-state index contributed by atoms with van der Waals surface area (Å²) < 4.78 is 15.3. The Balaban J connectivity index is 3.27. The smallest absolute Gasteiger partial charge is 0.154 e. The maximum atomic E-state index is 5.74. The molecule has 0 rings (SSSR count). The minimum atomic E-state index is -0.513. The summed E-state index contributed by atoms with van der Waals surface area (Å²) in [6.07, 6.45) is 0. The van der Waals surface area contributed by atoms with Crippen LogP contribution in [0, 0.1) is 0 Å². The minimum absolute atomic E-state index is 0.242. The molecule has 15 heavy (non-hydrogen) atoms. The zero-order chi connectivity index (χ0) is 11.5. The van der Waals surface area contributed by atoms with Gasteiger partial charge in [-0.2, -0.15) is 0 Å². The van der Waals surface area contributed by atoms with Gasteiger partial charge >= 0.3 is 0 Å². The molecule has 0 bridgehead atoms. The maximum Gasteiger partial charge on any atom is 0.154 e. The van der Waals surface area contributed by atoms with E-state index in [0.29, 0.717) is 25.0 Å². The van der Waals surface area contributed by atoms with Crippen molar-refractivity contribution >= 4 is 46.4 Å². The first-order valence-corrected chi connectivity index (χ1v) is 6.36. The first kappa shape index (κ1) is 16.0. The van der Waals surface area contributed by atoms with E-state index in [1.807, 2.05) is 0 Å². The molecular weight excluding hydrogens is 286 g/mol. The van der Waals surface area contributed by atoms with Crippen molar-refractivity contribution in [3.8, 4) is 0 Å². The number of halogens is 4. The second-order valence-corrected chi connectivity index (χ2v) is 4.21. The van der Waals surface area contributed by atoms with Gasteiger partial charge in [0.15, 0.2) is 11.1 Å². The van der Waals surface area contributed by atoms with Crippen LogP contribution in [-0.4, -0.2) is 49.3 Å². The Kier molecular flexibility index (Phi) is 12.3. The first-order valence-electron chi connectivity index (χ1n) is 4.41. The van der Waals surface area contributed by atoms with Gasteiger partial charge in [-0.05, 0) is 0 Å². The molecule has 0 aromatic carbocycles. The van der Waals surface area contributed by atoms with E-state index in [-0.39, 0.29) is 13.2 Å². The van der Waals surface area contributed by atoms with Crippen molar-refractivity contribution in [1.29, 1.82) is 0 Å². The Morgan fingerprint density at radius 3 is 1.53 bits per heavy atom. The monoisotopic (exact) mass is 298 g/mol. The van der Waals surface area contributed by atoms with E-state index in [4.69, 9.17) is 60.6 Å². The lowest BCUT2D eigenvalue weighted by molar-refractivity contribution is -0.00630. The van der Waals surface area contributed by atoms with Gasteiger partial charge in [0, 0.05) is 11.8 Å². The molecule has 0 amide bonds. The van der Waals surface area contributed by atoms with Crippen molar-refractivity contribution in [2.45, 2.75) is 11.1 Å². The molecule has 0 aromatic heterocycles. The summed E-state index contributed by atoms with van der Waals surface area (Å²) in [5.74, 6) is 0.806. The summed E-state index contributed by atoms with van der Waals surface area (Å²) in [6, 6.07) is 0. The highest BCUT2D eigenvalue weighted by Gasteiger charge is 2.08. The number of rotatable bonds is 10. The number of alkyl halides is 4. The number of ether oxygens (including phenoxy) is 3. The molecule has 0 heterocycles. The van der Waals surface area contributed by atoms with Gasteiger partial charge in [0.2, 0.25) is 0 Å².